The first-order valence-corrected chi connectivity index (χ1v) is 6.29. The van der Waals surface area contributed by atoms with Crippen LogP contribution in [0.2, 0.25) is 0 Å². The van der Waals surface area contributed by atoms with Crippen LogP contribution in [0.3, 0.4) is 0 Å². The Kier molecular flexibility index (Phi) is 5.75. The van der Waals surface area contributed by atoms with E-state index in [1.54, 1.807) is 0 Å². The first-order chi connectivity index (χ1) is 9.91. The summed E-state index contributed by atoms with van der Waals surface area (Å²) in [6.45, 7) is 2.47. The SMILES string of the molecule is CCOC(=O)C(C(=O)OCC)(c1ccc(F)cc1)C(F)F. The summed E-state index contributed by atoms with van der Waals surface area (Å²) in [5, 5.41) is 0. The molecule has 0 aliphatic heterocycles. The lowest BCUT2D eigenvalue weighted by Crippen LogP contribution is -2.51. The molecule has 0 aliphatic rings. The summed E-state index contributed by atoms with van der Waals surface area (Å²) < 4.78 is 49.4. The van der Waals surface area contributed by atoms with Crippen LogP contribution in [0.5, 0.6) is 0 Å². The van der Waals surface area contributed by atoms with Crippen molar-refractivity contribution < 1.29 is 32.2 Å². The average Bonchev–Trinajstić information content (AvgIpc) is 2.42. The summed E-state index contributed by atoms with van der Waals surface area (Å²) in [6, 6.07) is 3.64. The highest BCUT2D eigenvalue weighted by atomic mass is 19.3. The topological polar surface area (TPSA) is 52.6 Å². The van der Waals surface area contributed by atoms with Crippen LogP contribution < -0.4 is 0 Å². The van der Waals surface area contributed by atoms with Gasteiger partial charge in [0.1, 0.15) is 5.82 Å². The predicted octanol–water partition coefficient (Wildman–Crippen LogP) is 2.45. The monoisotopic (exact) mass is 304 g/mol. The van der Waals surface area contributed by atoms with Crippen molar-refractivity contribution in [3.8, 4) is 0 Å². The van der Waals surface area contributed by atoms with Crippen molar-refractivity contribution in [3.63, 3.8) is 0 Å². The largest absolute Gasteiger partial charge is 0.465 e. The Labute approximate surface area is 119 Å². The Hall–Kier alpha value is -2.05. The molecule has 0 bridgehead atoms. The van der Waals surface area contributed by atoms with Crippen molar-refractivity contribution in [2.75, 3.05) is 13.2 Å². The minimum absolute atomic E-state index is 0.187. The second-order valence-electron chi connectivity index (χ2n) is 4.06. The van der Waals surface area contributed by atoms with E-state index in [0.717, 1.165) is 24.3 Å². The number of alkyl halides is 2. The molecule has 4 nitrogen and oxygen atoms in total. The third-order valence-electron chi connectivity index (χ3n) is 2.82. The van der Waals surface area contributed by atoms with Crippen molar-refractivity contribution in [2.45, 2.75) is 25.7 Å². The molecular weight excluding hydrogens is 289 g/mol. The molecule has 0 heterocycles. The third kappa shape index (κ3) is 3.17. The van der Waals surface area contributed by atoms with Crippen molar-refractivity contribution in [3.05, 3.63) is 35.6 Å². The molecule has 1 aromatic rings. The van der Waals surface area contributed by atoms with Crippen LogP contribution in [0.4, 0.5) is 13.2 Å². The number of hydrogen-bond acceptors (Lipinski definition) is 4. The van der Waals surface area contributed by atoms with Gasteiger partial charge in [-0.1, -0.05) is 12.1 Å². The molecule has 0 radical (unpaired) electrons. The van der Waals surface area contributed by atoms with Gasteiger partial charge in [0.2, 0.25) is 5.41 Å². The minimum Gasteiger partial charge on any atom is -0.465 e. The highest BCUT2D eigenvalue weighted by Crippen LogP contribution is 2.34. The lowest BCUT2D eigenvalue weighted by atomic mass is 9.80. The molecule has 0 N–H and O–H groups in total. The number of hydrogen-bond donors (Lipinski definition) is 0. The maximum Gasteiger partial charge on any atom is 0.334 e. The van der Waals surface area contributed by atoms with Gasteiger partial charge in [-0.15, -0.1) is 0 Å². The van der Waals surface area contributed by atoms with Gasteiger partial charge in [-0.2, -0.15) is 0 Å². The third-order valence-corrected chi connectivity index (χ3v) is 2.82. The standard InChI is InChI=1S/C14H15F3O4/c1-3-20-12(18)14(11(16)17,13(19)21-4-2)9-5-7-10(15)8-6-9/h5-8,11H,3-4H2,1-2H3. The Morgan fingerprint density at radius 1 is 1.05 bits per heavy atom. The number of halogens is 3. The molecule has 0 spiro atoms. The van der Waals surface area contributed by atoms with E-state index in [0.29, 0.717) is 0 Å². The molecule has 0 saturated carbocycles. The molecule has 1 aromatic carbocycles. The van der Waals surface area contributed by atoms with Crippen LogP contribution in [0.15, 0.2) is 24.3 Å². The number of rotatable bonds is 6. The number of ether oxygens (including phenoxy) is 2. The second kappa shape index (κ2) is 7.10. The second-order valence-corrected chi connectivity index (χ2v) is 4.06. The summed E-state index contributed by atoms with van der Waals surface area (Å²) in [4.78, 5) is 24.0. The highest BCUT2D eigenvalue weighted by molar-refractivity contribution is 6.07. The molecule has 1 rings (SSSR count). The molecule has 21 heavy (non-hydrogen) atoms. The molecule has 0 fully saturated rings. The van der Waals surface area contributed by atoms with Gasteiger partial charge in [0.05, 0.1) is 13.2 Å². The van der Waals surface area contributed by atoms with Gasteiger partial charge in [-0.25, -0.2) is 13.2 Å². The molecule has 0 aliphatic carbocycles. The van der Waals surface area contributed by atoms with Crippen LogP contribution in [0, 0.1) is 5.82 Å². The van der Waals surface area contributed by atoms with Crippen molar-refractivity contribution in [1.29, 1.82) is 0 Å². The number of esters is 2. The normalized spacial score (nSPS) is 11.3. The summed E-state index contributed by atoms with van der Waals surface area (Å²) in [6.07, 6.45) is -3.40. The van der Waals surface area contributed by atoms with Crippen LogP contribution in [0.25, 0.3) is 0 Å². The molecule has 0 atom stereocenters. The lowest BCUT2D eigenvalue weighted by molar-refractivity contribution is -0.173. The maximum atomic E-state index is 13.6. The van der Waals surface area contributed by atoms with Crippen molar-refractivity contribution >= 4 is 11.9 Å². The van der Waals surface area contributed by atoms with E-state index in [1.165, 1.54) is 13.8 Å². The van der Waals surface area contributed by atoms with Gasteiger partial charge in [-0.3, -0.25) is 9.59 Å². The first-order valence-electron chi connectivity index (χ1n) is 6.29. The summed E-state index contributed by atoms with van der Waals surface area (Å²) in [7, 11) is 0. The minimum atomic E-state index is -3.40. The quantitative estimate of drug-likeness (QED) is 0.598. The van der Waals surface area contributed by atoms with Gasteiger partial charge in [-0.05, 0) is 31.5 Å². The molecule has 0 amide bonds. The average molecular weight is 304 g/mol. The molecule has 116 valence electrons. The fourth-order valence-electron chi connectivity index (χ4n) is 1.83. The number of carbonyl (C=O) groups is 2. The van der Waals surface area contributed by atoms with E-state index in [1.807, 2.05) is 0 Å². The lowest BCUT2D eigenvalue weighted by Gasteiger charge is -2.28. The van der Waals surface area contributed by atoms with Gasteiger partial charge in [0.15, 0.2) is 0 Å². The Morgan fingerprint density at radius 2 is 1.48 bits per heavy atom. The van der Waals surface area contributed by atoms with Crippen LogP contribution in [-0.2, 0) is 24.5 Å². The van der Waals surface area contributed by atoms with Gasteiger partial charge in [0, 0.05) is 0 Å². The summed E-state index contributed by atoms with van der Waals surface area (Å²) in [5.41, 5.74) is -3.30. The van der Waals surface area contributed by atoms with Crippen LogP contribution >= 0.6 is 0 Å². The summed E-state index contributed by atoms with van der Waals surface area (Å²) >= 11 is 0. The van der Waals surface area contributed by atoms with E-state index in [2.05, 4.69) is 9.47 Å². The Bertz CT molecular complexity index is 481. The molecule has 7 heteroatoms. The van der Waals surface area contributed by atoms with E-state index in [-0.39, 0.29) is 18.8 Å². The maximum absolute atomic E-state index is 13.6. The zero-order valence-corrected chi connectivity index (χ0v) is 11.6. The fraction of sp³-hybridized carbons (Fsp3) is 0.429. The zero-order chi connectivity index (χ0) is 16.0. The Morgan fingerprint density at radius 3 is 1.81 bits per heavy atom. The molecule has 0 saturated heterocycles. The van der Waals surface area contributed by atoms with Gasteiger partial charge >= 0.3 is 11.9 Å². The number of carbonyl (C=O) groups excluding carboxylic acids is 2. The Balaban J connectivity index is 3.46. The van der Waals surface area contributed by atoms with E-state index < -0.39 is 29.6 Å². The van der Waals surface area contributed by atoms with E-state index >= 15 is 0 Å². The zero-order valence-electron chi connectivity index (χ0n) is 11.6. The summed E-state index contributed by atoms with van der Waals surface area (Å²) in [5.74, 6) is -3.54. The highest BCUT2D eigenvalue weighted by Gasteiger charge is 2.58. The van der Waals surface area contributed by atoms with Crippen LogP contribution in [0.1, 0.15) is 19.4 Å². The van der Waals surface area contributed by atoms with Crippen molar-refractivity contribution in [1.82, 2.24) is 0 Å². The van der Waals surface area contributed by atoms with Gasteiger partial charge < -0.3 is 9.47 Å². The van der Waals surface area contributed by atoms with Crippen LogP contribution in [-0.4, -0.2) is 31.6 Å². The first kappa shape index (κ1) is 17.0. The molecule has 0 unspecified atom stereocenters. The smallest absolute Gasteiger partial charge is 0.334 e. The van der Waals surface area contributed by atoms with E-state index in [9.17, 15) is 22.8 Å². The van der Waals surface area contributed by atoms with E-state index in [4.69, 9.17) is 0 Å². The molecular formula is C14H15F3O4. The van der Waals surface area contributed by atoms with Crippen molar-refractivity contribution in [2.24, 2.45) is 0 Å². The number of benzene rings is 1. The fourth-order valence-corrected chi connectivity index (χ4v) is 1.83. The van der Waals surface area contributed by atoms with Gasteiger partial charge in [0.25, 0.3) is 6.43 Å². The predicted molar refractivity (Wildman–Crippen MR) is 67.3 cm³/mol. The molecule has 0 aromatic heterocycles.